The number of methoxy groups -OCH3 is 1. The highest BCUT2D eigenvalue weighted by Crippen LogP contribution is 2.39. The summed E-state index contributed by atoms with van der Waals surface area (Å²) in [6.45, 7) is 14.2. The molecule has 0 spiro atoms. The number of anilines is 1. The second kappa shape index (κ2) is 13.7. The first kappa shape index (κ1) is 33.7. The summed E-state index contributed by atoms with van der Waals surface area (Å²) in [6, 6.07) is 18.5. The Bertz CT molecular complexity index is 1800. The number of ether oxygens (including phenoxy) is 4. The molecule has 48 heavy (non-hydrogen) atoms. The molecule has 0 N–H and O–H groups in total. The molecule has 3 aliphatic rings. The molecule has 0 amide bonds. The molecular weight excluding hydrogens is 604 g/mol. The van der Waals surface area contributed by atoms with Crippen LogP contribution in [0, 0.1) is 6.92 Å². The number of carbonyl (C=O) groups is 1. The van der Waals surface area contributed by atoms with Crippen LogP contribution in [-0.2, 0) is 19.0 Å². The zero-order valence-electron chi connectivity index (χ0n) is 29.3. The second-order valence-electron chi connectivity index (χ2n) is 14.1. The Morgan fingerprint density at radius 2 is 1.81 bits per heavy atom. The molecular formula is C39H48N4O5. The molecule has 2 aromatic carbocycles. The van der Waals surface area contributed by atoms with Crippen LogP contribution >= 0.6 is 0 Å². The van der Waals surface area contributed by atoms with Crippen LogP contribution in [0.15, 0.2) is 66.7 Å². The van der Waals surface area contributed by atoms with Crippen molar-refractivity contribution in [3.05, 3.63) is 78.0 Å². The normalized spacial score (nSPS) is 21.6. The number of carbonyl (C=O) groups excluding carboxylic acids is 1. The maximum Gasteiger partial charge on any atom is 0.339 e. The molecule has 2 atom stereocenters. The fourth-order valence-corrected chi connectivity index (χ4v) is 6.59. The number of hydrogen-bond donors (Lipinski definition) is 0. The van der Waals surface area contributed by atoms with E-state index in [4.69, 9.17) is 29.0 Å². The van der Waals surface area contributed by atoms with Gasteiger partial charge in [0.1, 0.15) is 17.7 Å². The van der Waals surface area contributed by atoms with Crippen LogP contribution in [0.3, 0.4) is 0 Å². The minimum absolute atomic E-state index is 0.0809. The van der Waals surface area contributed by atoms with E-state index < -0.39 is 17.7 Å². The van der Waals surface area contributed by atoms with Gasteiger partial charge in [-0.2, -0.15) is 9.61 Å². The predicted molar refractivity (Wildman–Crippen MR) is 188 cm³/mol. The minimum atomic E-state index is -0.983. The third kappa shape index (κ3) is 7.27. The highest BCUT2D eigenvalue weighted by molar-refractivity contribution is 5.81. The lowest BCUT2D eigenvalue weighted by atomic mass is 9.92. The first-order valence-electron chi connectivity index (χ1n) is 17.0. The Morgan fingerprint density at radius 3 is 2.56 bits per heavy atom. The van der Waals surface area contributed by atoms with Gasteiger partial charge in [-0.05, 0) is 91.0 Å². The predicted octanol–water partition coefficient (Wildman–Crippen LogP) is 7.89. The van der Waals surface area contributed by atoms with E-state index in [9.17, 15) is 4.79 Å². The largest absolute Gasteiger partial charge is 0.486 e. The zero-order chi connectivity index (χ0) is 34.1. The van der Waals surface area contributed by atoms with Gasteiger partial charge in [-0.15, -0.1) is 0 Å². The van der Waals surface area contributed by atoms with E-state index in [0.717, 1.165) is 72.7 Å². The van der Waals surface area contributed by atoms with Crippen molar-refractivity contribution in [3.8, 4) is 28.1 Å². The molecule has 1 fully saturated rings. The van der Waals surface area contributed by atoms with Gasteiger partial charge in [0.05, 0.1) is 29.6 Å². The molecule has 9 heteroatoms. The van der Waals surface area contributed by atoms with Crippen LogP contribution in [0.5, 0.6) is 5.75 Å². The van der Waals surface area contributed by atoms with Crippen LogP contribution < -0.4 is 9.64 Å². The topological polar surface area (TPSA) is 87.4 Å². The second-order valence-corrected chi connectivity index (χ2v) is 14.1. The first-order chi connectivity index (χ1) is 22.9. The monoisotopic (exact) mass is 652 g/mol. The number of fused-ring (bicyclic) bond motifs is 8. The zero-order valence-corrected chi connectivity index (χ0v) is 29.3. The maximum atomic E-state index is 13.4. The molecule has 3 aliphatic heterocycles. The summed E-state index contributed by atoms with van der Waals surface area (Å²) in [5.41, 5.74) is 4.97. The number of allylic oxidation sites excluding steroid dienone is 1. The third-order valence-electron chi connectivity index (χ3n) is 9.12. The highest BCUT2D eigenvalue weighted by atomic mass is 16.6. The van der Waals surface area contributed by atoms with Crippen molar-refractivity contribution >= 4 is 17.4 Å². The van der Waals surface area contributed by atoms with E-state index in [1.165, 1.54) is 7.11 Å². The number of benzene rings is 2. The van der Waals surface area contributed by atoms with Gasteiger partial charge in [0.15, 0.2) is 11.8 Å². The molecule has 6 bridgehead atoms. The molecule has 0 saturated carbocycles. The van der Waals surface area contributed by atoms with E-state index >= 15 is 0 Å². The molecule has 1 saturated heterocycles. The Kier molecular flexibility index (Phi) is 9.63. The fraction of sp³-hybridized carbons (Fsp3) is 0.462. The summed E-state index contributed by atoms with van der Waals surface area (Å²) < 4.78 is 26.5. The summed E-state index contributed by atoms with van der Waals surface area (Å²) in [7, 11) is 1.39. The quantitative estimate of drug-likeness (QED) is 0.163. The smallest absolute Gasteiger partial charge is 0.339 e. The highest BCUT2D eigenvalue weighted by Gasteiger charge is 2.38. The van der Waals surface area contributed by atoms with Gasteiger partial charge >= 0.3 is 5.97 Å². The minimum Gasteiger partial charge on any atom is -0.486 e. The summed E-state index contributed by atoms with van der Waals surface area (Å²) in [5, 5.41) is 5.17. The van der Waals surface area contributed by atoms with Crippen molar-refractivity contribution in [1.82, 2.24) is 14.6 Å². The summed E-state index contributed by atoms with van der Waals surface area (Å²) in [5.74, 6) is 1.15. The molecule has 2 aromatic heterocycles. The van der Waals surface area contributed by atoms with Gasteiger partial charge in [0, 0.05) is 42.6 Å². The molecule has 254 valence electrons. The SMILES string of the molecule is COC(=O)[C@@H](OC(C)(C)C)c1c(C)nc2cc3nn2c1N1CCC(C)(CC1)OCCC/C=C/C(C)Oc1ccccc1-c1cccc-3c1. The summed E-state index contributed by atoms with van der Waals surface area (Å²) >= 11 is 0. The number of rotatable bonds is 3. The average Bonchev–Trinajstić information content (AvgIpc) is 3.48. The number of piperidine rings is 1. The van der Waals surface area contributed by atoms with Crippen LogP contribution in [-0.4, -0.2) is 64.7 Å². The van der Waals surface area contributed by atoms with Crippen molar-refractivity contribution < 1.29 is 23.7 Å². The van der Waals surface area contributed by atoms with Gasteiger partial charge in [0.25, 0.3) is 0 Å². The van der Waals surface area contributed by atoms with Gasteiger partial charge in [0.2, 0.25) is 0 Å². The first-order valence-corrected chi connectivity index (χ1v) is 17.0. The Balaban J connectivity index is 1.53. The van der Waals surface area contributed by atoms with Crippen LogP contribution in [0.1, 0.15) is 77.7 Å². The Morgan fingerprint density at radius 1 is 1.06 bits per heavy atom. The van der Waals surface area contributed by atoms with Crippen molar-refractivity contribution in [1.29, 1.82) is 0 Å². The van der Waals surface area contributed by atoms with Crippen molar-refractivity contribution in [2.75, 3.05) is 31.7 Å². The number of aromatic nitrogens is 3. The summed E-state index contributed by atoms with van der Waals surface area (Å²) in [4.78, 5) is 20.7. The van der Waals surface area contributed by atoms with Gasteiger partial charge in [-0.1, -0.05) is 42.5 Å². The van der Waals surface area contributed by atoms with E-state index in [2.05, 4.69) is 55.2 Å². The molecule has 1 unspecified atom stereocenters. The third-order valence-corrected chi connectivity index (χ3v) is 9.12. The molecule has 9 nitrogen and oxygen atoms in total. The Labute approximate surface area is 283 Å². The fourth-order valence-electron chi connectivity index (χ4n) is 6.59. The molecule has 0 radical (unpaired) electrons. The Hall–Kier alpha value is -4.21. The maximum absolute atomic E-state index is 13.4. The van der Waals surface area contributed by atoms with Crippen molar-refractivity contribution in [2.24, 2.45) is 0 Å². The van der Waals surface area contributed by atoms with Crippen LogP contribution in [0.25, 0.3) is 28.0 Å². The van der Waals surface area contributed by atoms with E-state index in [1.54, 1.807) is 0 Å². The van der Waals surface area contributed by atoms with Crippen LogP contribution in [0.2, 0.25) is 0 Å². The van der Waals surface area contributed by atoms with E-state index in [0.29, 0.717) is 23.5 Å². The van der Waals surface area contributed by atoms with Gasteiger partial charge in [-0.3, -0.25) is 0 Å². The molecule has 5 heterocycles. The number of esters is 1. The lowest BCUT2D eigenvalue weighted by Crippen LogP contribution is -2.46. The average molecular weight is 653 g/mol. The van der Waals surface area contributed by atoms with E-state index in [1.807, 2.05) is 62.5 Å². The number of aryl methyl sites for hydroxylation is 1. The van der Waals surface area contributed by atoms with Gasteiger partial charge < -0.3 is 23.8 Å². The standard InChI is InChI=1S/C39H48N4O5/c1-26-14-9-8-12-23-46-39(6)19-21-42(22-20-39)36-34(35(37(44)45-7)48-38(3,4)5)27(2)40-33-25-31(41-43(33)36)29-16-13-15-28(24-29)30-17-10-11-18-32(30)47-26/h9-11,13-18,24-26,35H,8,12,19-23H2,1-7H3/b14-9+/t26?,35-/m0/s1. The van der Waals surface area contributed by atoms with Crippen molar-refractivity contribution in [2.45, 2.75) is 90.6 Å². The van der Waals surface area contributed by atoms with Gasteiger partial charge in [-0.25, -0.2) is 9.78 Å². The lowest BCUT2D eigenvalue weighted by Gasteiger charge is -2.41. The van der Waals surface area contributed by atoms with Crippen LogP contribution in [0.4, 0.5) is 5.82 Å². The molecule has 4 aromatic rings. The number of para-hydroxylation sites is 1. The van der Waals surface area contributed by atoms with Crippen molar-refractivity contribution in [3.63, 3.8) is 0 Å². The number of nitrogens with zero attached hydrogens (tertiary/aromatic N) is 4. The molecule has 0 aliphatic carbocycles. The van der Waals surface area contributed by atoms with E-state index in [-0.39, 0.29) is 11.7 Å². The molecule has 7 rings (SSSR count). The summed E-state index contributed by atoms with van der Waals surface area (Å²) in [6.07, 6.45) is 6.76. The lowest BCUT2D eigenvalue weighted by molar-refractivity contribution is -0.164. The number of hydrogen-bond acceptors (Lipinski definition) is 8.